The monoisotopic (exact) mass is 475 g/mol. The first-order valence-corrected chi connectivity index (χ1v) is 11.8. The highest BCUT2D eigenvalue weighted by Gasteiger charge is 2.30. The first kappa shape index (κ1) is 21.9. The maximum absolute atomic E-state index is 13.3. The van der Waals surface area contributed by atoms with Gasteiger partial charge in [-0.25, -0.2) is 9.78 Å². The minimum absolute atomic E-state index is 0.0956. The number of fused-ring (bicyclic) bond motifs is 1. The van der Waals surface area contributed by atoms with Crippen LogP contribution in [0, 0.1) is 0 Å². The highest BCUT2D eigenvalue weighted by atomic mass is 32.2. The number of para-hydroxylation sites is 1. The Labute approximate surface area is 197 Å². The molecule has 0 spiro atoms. The van der Waals surface area contributed by atoms with Crippen molar-refractivity contribution in [1.82, 2.24) is 19.1 Å². The number of aromatic nitrogens is 4. The molecule has 0 amide bonds. The van der Waals surface area contributed by atoms with Crippen molar-refractivity contribution in [2.75, 3.05) is 11.5 Å². The van der Waals surface area contributed by atoms with Gasteiger partial charge in [-0.05, 0) is 30.5 Å². The van der Waals surface area contributed by atoms with Crippen molar-refractivity contribution in [2.24, 2.45) is 0 Å². The predicted molar refractivity (Wildman–Crippen MR) is 131 cm³/mol. The number of nitrogen functional groups attached to an aromatic ring is 1. The van der Waals surface area contributed by atoms with Gasteiger partial charge in [0.25, 0.3) is 11.1 Å². The third-order valence-corrected chi connectivity index (χ3v) is 6.69. The SMILES string of the molecule is Nc1c(C(=O)CSc2nc3ccccc3c(=O)n2Cc2ccccc2)c(=O)[nH]c(=O)n1C1CC1. The van der Waals surface area contributed by atoms with Gasteiger partial charge in [0.2, 0.25) is 0 Å². The van der Waals surface area contributed by atoms with E-state index in [0.29, 0.717) is 16.1 Å². The van der Waals surface area contributed by atoms with E-state index in [1.54, 1.807) is 24.3 Å². The number of rotatable bonds is 7. The summed E-state index contributed by atoms with van der Waals surface area (Å²) in [6.45, 7) is 0.281. The summed E-state index contributed by atoms with van der Waals surface area (Å²) in [5.41, 5.74) is 5.62. The lowest BCUT2D eigenvalue weighted by molar-refractivity contribution is 0.102. The van der Waals surface area contributed by atoms with Crippen molar-refractivity contribution in [2.45, 2.75) is 30.6 Å². The number of aromatic amines is 1. The number of ketones is 1. The van der Waals surface area contributed by atoms with Gasteiger partial charge in [-0.15, -0.1) is 0 Å². The van der Waals surface area contributed by atoms with Gasteiger partial charge < -0.3 is 5.73 Å². The van der Waals surface area contributed by atoms with Gasteiger partial charge >= 0.3 is 5.69 Å². The minimum Gasteiger partial charge on any atom is -0.384 e. The molecular formula is C24H21N5O4S. The highest BCUT2D eigenvalue weighted by Crippen LogP contribution is 2.35. The first-order chi connectivity index (χ1) is 16.4. The Morgan fingerprint density at radius 1 is 1.06 bits per heavy atom. The van der Waals surface area contributed by atoms with E-state index in [-0.39, 0.29) is 35.3 Å². The van der Waals surface area contributed by atoms with Crippen LogP contribution in [-0.4, -0.2) is 30.6 Å². The molecule has 10 heteroatoms. The second-order valence-corrected chi connectivity index (χ2v) is 9.06. The van der Waals surface area contributed by atoms with Crippen LogP contribution in [0.1, 0.15) is 34.8 Å². The number of hydrogen-bond donors (Lipinski definition) is 2. The molecule has 1 aliphatic rings. The molecule has 0 aliphatic heterocycles. The average molecular weight is 476 g/mol. The lowest BCUT2D eigenvalue weighted by Crippen LogP contribution is -2.36. The first-order valence-electron chi connectivity index (χ1n) is 10.8. The molecule has 4 aromatic rings. The number of thioether (sulfide) groups is 1. The number of carbonyl (C=O) groups excluding carboxylic acids is 1. The number of anilines is 1. The zero-order chi connectivity index (χ0) is 23.8. The molecule has 0 bridgehead atoms. The van der Waals surface area contributed by atoms with Gasteiger partial charge in [-0.2, -0.15) is 0 Å². The number of Topliss-reactive ketones (excluding diaryl/α,β-unsaturated/α-hetero) is 1. The van der Waals surface area contributed by atoms with E-state index in [1.807, 2.05) is 30.3 Å². The fourth-order valence-corrected chi connectivity index (χ4v) is 4.77. The summed E-state index contributed by atoms with van der Waals surface area (Å²) in [5, 5.41) is 0.831. The topological polar surface area (TPSA) is 133 Å². The van der Waals surface area contributed by atoms with E-state index >= 15 is 0 Å². The maximum atomic E-state index is 13.3. The molecule has 34 heavy (non-hydrogen) atoms. The smallest absolute Gasteiger partial charge is 0.330 e. The van der Waals surface area contributed by atoms with Crippen molar-refractivity contribution < 1.29 is 4.79 Å². The Bertz CT molecular complexity index is 1590. The van der Waals surface area contributed by atoms with Crippen LogP contribution in [0.3, 0.4) is 0 Å². The standard InChI is InChI=1S/C24H21N5O4S/c25-20-19(21(31)27-23(33)29(20)15-10-11-15)18(30)13-34-24-26-17-9-5-4-8-16(17)22(32)28(24)12-14-6-2-1-3-7-14/h1-9,15H,10-13,25H2,(H,27,31,33). The number of benzene rings is 2. The second kappa shape index (κ2) is 8.79. The zero-order valence-electron chi connectivity index (χ0n) is 18.1. The Balaban J connectivity index is 1.51. The van der Waals surface area contributed by atoms with E-state index in [9.17, 15) is 19.2 Å². The van der Waals surface area contributed by atoms with Crippen molar-refractivity contribution in [3.05, 3.63) is 96.9 Å². The normalized spacial score (nSPS) is 13.3. The lowest BCUT2D eigenvalue weighted by atomic mass is 10.2. The number of H-pyrrole nitrogens is 1. The maximum Gasteiger partial charge on any atom is 0.330 e. The van der Waals surface area contributed by atoms with Crippen LogP contribution in [0.2, 0.25) is 0 Å². The predicted octanol–water partition coefficient (Wildman–Crippen LogP) is 2.19. The third-order valence-electron chi connectivity index (χ3n) is 5.72. The van der Waals surface area contributed by atoms with Gasteiger partial charge in [-0.1, -0.05) is 54.2 Å². The van der Waals surface area contributed by atoms with Crippen LogP contribution in [-0.2, 0) is 6.54 Å². The Kier molecular flexibility index (Phi) is 5.66. The lowest BCUT2D eigenvalue weighted by Gasteiger charge is -2.14. The molecule has 1 saturated carbocycles. The molecular weight excluding hydrogens is 454 g/mol. The van der Waals surface area contributed by atoms with Crippen LogP contribution in [0.5, 0.6) is 0 Å². The summed E-state index contributed by atoms with van der Waals surface area (Å²) in [6.07, 6.45) is 1.54. The second-order valence-electron chi connectivity index (χ2n) is 8.12. The molecule has 1 aliphatic carbocycles. The molecule has 3 N–H and O–H groups in total. The molecule has 0 radical (unpaired) electrons. The van der Waals surface area contributed by atoms with Crippen molar-refractivity contribution in [3.8, 4) is 0 Å². The molecule has 0 unspecified atom stereocenters. The Hall–Kier alpha value is -3.92. The fourth-order valence-electron chi connectivity index (χ4n) is 3.90. The summed E-state index contributed by atoms with van der Waals surface area (Å²) in [4.78, 5) is 57.6. The zero-order valence-corrected chi connectivity index (χ0v) is 18.9. The third kappa shape index (κ3) is 4.08. The number of nitrogens with zero attached hydrogens (tertiary/aromatic N) is 3. The van der Waals surface area contributed by atoms with Crippen LogP contribution in [0.15, 0.2) is 74.1 Å². The van der Waals surface area contributed by atoms with E-state index in [1.165, 1.54) is 9.13 Å². The average Bonchev–Trinajstić information content (AvgIpc) is 3.65. The Morgan fingerprint density at radius 3 is 2.50 bits per heavy atom. The molecule has 2 aromatic heterocycles. The van der Waals surface area contributed by atoms with Crippen LogP contribution in [0.4, 0.5) is 5.82 Å². The van der Waals surface area contributed by atoms with Gasteiger partial charge in [0.15, 0.2) is 10.9 Å². The van der Waals surface area contributed by atoms with E-state index in [0.717, 1.165) is 30.2 Å². The van der Waals surface area contributed by atoms with E-state index in [2.05, 4.69) is 9.97 Å². The highest BCUT2D eigenvalue weighted by molar-refractivity contribution is 7.99. The number of nitrogens with two attached hydrogens (primary N) is 1. The van der Waals surface area contributed by atoms with Crippen LogP contribution < -0.4 is 22.5 Å². The fraction of sp³-hybridized carbons (Fsp3) is 0.208. The summed E-state index contributed by atoms with van der Waals surface area (Å²) < 4.78 is 2.80. The molecule has 0 saturated heterocycles. The molecule has 9 nitrogen and oxygen atoms in total. The quantitative estimate of drug-likeness (QED) is 0.238. The molecule has 2 heterocycles. The van der Waals surface area contributed by atoms with Gasteiger partial charge in [-0.3, -0.25) is 28.5 Å². The van der Waals surface area contributed by atoms with E-state index < -0.39 is 17.0 Å². The summed E-state index contributed by atoms with van der Waals surface area (Å²) >= 11 is 1.06. The van der Waals surface area contributed by atoms with Crippen molar-refractivity contribution >= 4 is 34.3 Å². The summed E-state index contributed by atoms with van der Waals surface area (Å²) in [7, 11) is 0. The van der Waals surface area contributed by atoms with Crippen molar-refractivity contribution in [1.29, 1.82) is 0 Å². The molecule has 5 rings (SSSR count). The number of nitrogens with one attached hydrogen (secondary N) is 1. The number of carbonyl (C=O) groups is 1. The van der Waals surface area contributed by atoms with Gasteiger partial charge in [0.1, 0.15) is 11.4 Å². The van der Waals surface area contributed by atoms with Crippen LogP contribution >= 0.6 is 11.8 Å². The van der Waals surface area contributed by atoms with Gasteiger partial charge in [0.05, 0.1) is 23.2 Å². The molecule has 172 valence electrons. The Morgan fingerprint density at radius 2 is 1.76 bits per heavy atom. The molecule has 2 aromatic carbocycles. The van der Waals surface area contributed by atoms with Crippen molar-refractivity contribution in [3.63, 3.8) is 0 Å². The largest absolute Gasteiger partial charge is 0.384 e. The van der Waals surface area contributed by atoms with Crippen LogP contribution in [0.25, 0.3) is 10.9 Å². The molecule has 0 atom stereocenters. The number of hydrogen-bond acceptors (Lipinski definition) is 7. The summed E-state index contributed by atoms with van der Waals surface area (Å²) in [6, 6.07) is 16.4. The van der Waals surface area contributed by atoms with Gasteiger partial charge in [0, 0.05) is 6.04 Å². The minimum atomic E-state index is -0.807. The van der Waals surface area contributed by atoms with E-state index in [4.69, 9.17) is 5.73 Å². The summed E-state index contributed by atoms with van der Waals surface area (Å²) in [5.74, 6) is -0.822. The molecule has 1 fully saturated rings.